The summed E-state index contributed by atoms with van der Waals surface area (Å²) in [6.07, 6.45) is 2.26. The van der Waals surface area contributed by atoms with Gasteiger partial charge in [-0.25, -0.2) is 0 Å². The largest absolute Gasteiger partial charge is 0.465 e. The second-order valence-corrected chi connectivity index (χ2v) is 6.82. The smallest absolute Gasteiger partial charge is 0.310 e. The summed E-state index contributed by atoms with van der Waals surface area (Å²) in [5, 5.41) is 28.9. The van der Waals surface area contributed by atoms with Crippen molar-refractivity contribution in [1.82, 2.24) is 0 Å². The number of aliphatic hydroxyl groups excluding tert-OH is 3. The van der Waals surface area contributed by atoms with E-state index in [2.05, 4.69) is 6.92 Å². The lowest BCUT2D eigenvalue weighted by Gasteiger charge is -2.24. The maximum absolute atomic E-state index is 12.5. The van der Waals surface area contributed by atoms with E-state index in [1.807, 2.05) is 18.2 Å². The van der Waals surface area contributed by atoms with E-state index in [0.29, 0.717) is 6.42 Å². The molecular formula is C21H32O6. The minimum Gasteiger partial charge on any atom is -0.465 e. The van der Waals surface area contributed by atoms with Crippen LogP contribution >= 0.6 is 0 Å². The number of carbonyl (C=O) groups excluding carboxylic acids is 2. The van der Waals surface area contributed by atoms with Gasteiger partial charge in [-0.15, -0.1) is 0 Å². The standard InChI is InChI=1S/C21H32O6/c1-2-3-4-5-9-12-18(23)17(21(26)19(24)14-22)15-27-20(25)13-16-10-7-6-8-11-16/h6-8,10-11,17,19,21-22,24,26H,2-5,9,12-15H2,1H3. The lowest BCUT2D eigenvalue weighted by molar-refractivity contribution is -0.150. The van der Waals surface area contributed by atoms with Gasteiger partial charge in [0.2, 0.25) is 0 Å². The van der Waals surface area contributed by atoms with Gasteiger partial charge in [0.15, 0.2) is 0 Å². The molecule has 1 rings (SSSR count). The molecule has 27 heavy (non-hydrogen) atoms. The van der Waals surface area contributed by atoms with Crippen LogP contribution < -0.4 is 0 Å². The van der Waals surface area contributed by atoms with E-state index in [9.17, 15) is 19.8 Å². The molecule has 0 heterocycles. The van der Waals surface area contributed by atoms with Crippen molar-refractivity contribution in [2.75, 3.05) is 13.2 Å². The van der Waals surface area contributed by atoms with Crippen molar-refractivity contribution >= 4 is 11.8 Å². The molecule has 1 aromatic carbocycles. The molecule has 0 saturated heterocycles. The SMILES string of the molecule is CCCCCCCC(=O)C(COC(=O)Cc1ccccc1)C(O)C(O)CO. The van der Waals surface area contributed by atoms with Crippen LogP contribution in [-0.4, -0.2) is 52.5 Å². The van der Waals surface area contributed by atoms with E-state index in [1.165, 1.54) is 0 Å². The summed E-state index contributed by atoms with van der Waals surface area (Å²) >= 11 is 0. The highest BCUT2D eigenvalue weighted by atomic mass is 16.5. The Morgan fingerprint density at radius 1 is 1.04 bits per heavy atom. The number of rotatable bonds is 14. The average molecular weight is 380 g/mol. The van der Waals surface area contributed by atoms with Crippen LogP contribution in [0.25, 0.3) is 0 Å². The molecule has 1 aromatic rings. The first-order valence-electron chi connectivity index (χ1n) is 9.68. The zero-order chi connectivity index (χ0) is 20.1. The molecule has 0 aromatic heterocycles. The molecule has 0 aliphatic carbocycles. The Balaban J connectivity index is 2.57. The minimum absolute atomic E-state index is 0.0669. The Kier molecular flexibility index (Phi) is 11.6. The first-order chi connectivity index (χ1) is 13.0. The third-order valence-electron chi connectivity index (χ3n) is 4.55. The van der Waals surface area contributed by atoms with Gasteiger partial charge >= 0.3 is 5.97 Å². The van der Waals surface area contributed by atoms with Gasteiger partial charge in [-0.1, -0.05) is 62.9 Å². The van der Waals surface area contributed by atoms with Gasteiger partial charge in [0.25, 0.3) is 0 Å². The summed E-state index contributed by atoms with van der Waals surface area (Å²) < 4.78 is 5.18. The monoisotopic (exact) mass is 380 g/mol. The van der Waals surface area contributed by atoms with Crippen LogP contribution in [0.2, 0.25) is 0 Å². The molecule has 152 valence electrons. The minimum atomic E-state index is -1.47. The van der Waals surface area contributed by atoms with Crippen LogP contribution in [0.15, 0.2) is 30.3 Å². The molecule has 6 nitrogen and oxygen atoms in total. The zero-order valence-electron chi connectivity index (χ0n) is 16.0. The molecule has 0 radical (unpaired) electrons. The molecule has 0 bridgehead atoms. The van der Waals surface area contributed by atoms with E-state index in [0.717, 1.165) is 31.2 Å². The maximum Gasteiger partial charge on any atom is 0.310 e. The predicted octanol–water partition coefficient (Wildman–Crippen LogP) is 2.03. The van der Waals surface area contributed by atoms with E-state index >= 15 is 0 Å². The molecule has 0 saturated carbocycles. The van der Waals surface area contributed by atoms with Crippen molar-refractivity contribution in [3.05, 3.63) is 35.9 Å². The average Bonchev–Trinajstić information content (AvgIpc) is 2.67. The molecule has 3 atom stereocenters. The first kappa shape index (κ1) is 23.3. The molecule has 0 spiro atoms. The molecule has 6 heteroatoms. The van der Waals surface area contributed by atoms with Crippen LogP contribution in [0.4, 0.5) is 0 Å². The Hall–Kier alpha value is -1.76. The Morgan fingerprint density at radius 2 is 1.70 bits per heavy atom. The number of ketones is 1. The molecule has 0 fully saturated rings. The van der Waals surface area contributed by atoms with Gasteiger partial charge in [0, 0.05) is 6.42 Å². The van der Waals surface area contributed by atoms with E-state index in [-0.39, 0.29) is 25.2 Å². The van der Waals surface area contributed by atoms with Gasteiger partial charge < -0.3 is 20.1 Å². The number of aliphatic hydroxyl groups is 3. The Bertz CT molecular complexity index is 545. The number of unbranched alkanes of at least 4 members (excludes halogenated alkanes) is 4. The quantitative estimate of drug-likeness (QED) is 0.337. The summed E-state index contributed by atoms with van der Waals surface area (Å²) in [6, 6.07) is 9.06. The van der Waals surface area contributed by atoms with Gasteiger partial charge in [0.05, 0.1) is 25.0 Å². The number of Topliss-reactive ketones (excluding diaryl/α,β-unsaturated/α-hetero) is 1. The van der Waals surface area contributed by atoms with Crippen LogP contribution in [0.1, 0.15) is 51.0 Å². The van der Waals surface area contributed by atoms with Crippen molar-refractivity contribution in [2.24, 2.45) is 5.92 Å². The number of hydrogen-bond donors (Lipinski definition) is 3. The van der Waals surface area contributed by atoms with Crippen molar-refractivity contribution < 1.29 is 29.6 Å². The highest BCUT2D eigenvalue weighted by Gasteiger charge is 2.32. The summed E-state index contributed by atoms with van der Waals surface area (Å²) in [5.41, 5.74) is 0.789. The third kappa shape index (κ3) is 9.13. The summed E-state index contributed by atoms with van der Waals surface area (Å²) in [4.78, 5) is 24.5. The summed E-state index contributed by atoms with van der Waals surface area (Å²) in [7, 11) is 0. The van der Waals surface area contributed by atoms with E-state index < -0.39 is 30.7 Å². The molecule has 0 aliphatic heterocycles. The second-order valence-electron chi connectivity index (χ2n) is 6.82. The van der Waals surface area contributed by atoms with Crippen LogP contribution in [0, 0.1) is 5.92 Å². The second kappa shape index (κ2) is 13.4. The lowest BCUT2D eigenvalue weighted by Crippen LogP contribution is -2.42. The van der Waals surface area contributed by atoms with Crippen molar-refractivity contribution in [3.63, 3.8) is 0 Å². The fourth-order valence-electron chi connectivity index (χ4n) is 2.84. The lowest BCUT2D eigenvalue weighted by atomic mass is 9.91. The maximum atomic E-state index is 12.5. The third-order valence-corrected chi connectivity index (χ3v) is 4.55. The molecule has 0 amide bonds. The fraction of sp³-hybridized carbons (Fsp3) is 0.619. The Labute approximate surface area is 161 Å². The molecule has 0 aliphatic rings. The van der Waals surface area contributed by atoms with Crippen molar-refractivity contribution in [2.45, 2.75) is 64.1 Å². The zero-order valence-corrected chi connectivity index (χ0v) is 16.0. The highest BCUT2D eigenvalue weighted by Crippen LogP contribution is 2.16. The van der Waals surface area contributed by atoms with Crippen molar-refractivity contribution in [3.8, 4) is 0 Å². The predicted molar refractivity (Wildman–Crippen MR) is 102 cm³/mol. The van der Waals surface area contributed by atoms with Gasteiger partial charge in [-0.2, -0.15) is 0 Å². The Morgan fingerprint density at radius 3 is 2.33 bits per heavy atom. The molecular weight excluding hydrogens is 348 g/mol. The first-order valence-corrected chi connectivity index (χ1v) is 9.68. The van der Waals surface area contributed by atoms with Gasteiger partial charge in [-0.3, -0.25) is 9.59 Å². The summed E-state index contributed by atoms with van der Waals surface area (Å²) in [5.74, 6) is -1.82. The van der Waals surface area contributed by atoms with Crippen molar-refractivity contribution in [1.29, 1.82) is 0 Å². The number of carbonyl (C=O) groups is 2. The number of ether oxygens (including phenoxy) is 1. The highest BCUT2D eigenvalue weighted by molar-refractivity contribution is 5.82. The molecule has 3 unspecified atom stereocenters. The summed E-state index contributed by atoms with van der Waals surface area (Å²) in [6.45, 7) is 1.13. The van der Waals surface area contributed by atoms with Gasteiger partial charge in [0.1, 0.15) is 18.5 Å². The van der Waals surface area contributed by atoms with E-state index in [4.69, 9.17) is 9.84 Å². The number of benzene rings is 1. The topological polar surface area (TPSA) is 104 Å². The molecule has 3 N–H and O–H groups in total. The van der Waals surface area contributed by atoms with Crippen LogP contribution in [-0.2, 0) is 20.7 Å². The van der Waals surface area contributed by atoms with E-state index in [1.54, 1.807) is 12.1 Å². The fourth-order valence-corrected chi connectivity index (χ4v) is 2.84. The normalized spacial score (nSPS) is 14.4. The van der Waals surface area contributed by atoms with Crippen LogP contribution in [0.3, 0.4) is 0 Å². The van der Waals surface area contributed by atoms with Crippen LogP contribution in [0.5, 0.6) is 0 Å². The van der Waals surface area contributed by atoms with Gasteiger partial charge in [-0.05, 0) is 12.0 Å². The number of hydrogen-bond acceptors (Lipinski definition) is 6. The number of esters is 1.